The van der Waals surface area contributed by atoms with Gasteiger partial charge in [-0.15, -0.1) is 0 Å². The Morgan fingerprint density at radius 3 is 2.59 bits per heavy atom. The lowest BCUT2D eigenvalue weighted by Gasteiger charge is -2.22. The number of nitrogen functional groups attached to an aromatic ring is 1. The second kappa shape index (κ2) is 3.87. The smallest absolute Gasteiger partial charge is 0.123 e. The summed E-state index contributed by atoms with van der Waals surface area (Å²) in [5, 5.41) is 4.26. The highest BCUT2D eigenvalue weighted by molar-refractivity contribution is 5.72. The van der Waals surface area contributed by atoms with Gasteiger partial charge >= 0.3 is 0 Å². The van der Waals surface area contributed by atoms with Crippen LogP contribution in [0.1, 0.15) is 20.8 Å². The SMILES string of the molecule is CC(C)(C)n1ncc(N)c1-c1cccc(F)c1. The quantitative estimate of drug-likeness (QED) is 0.822. The van der Waals surface area contributed by atoms with E-state index in [0.29, 0.717) is 5.69 Å². The highest BCUT2D eigenvalue weighted by atomic mass is 19.1. The molecule has 0 aliphatic rings. The summed E-state index contributed by atoms with van der Waals surface area (Å²) in [5.74, 6) is -0.274. The Labute approximate surface area is 100 Å². The Bertz CT molecular complexity index is 538. The van der Waals surface area contributed by atoms with Crippen LogP contribution >= 0.6 is 0 Å². The summed E-state index contributed by atoms with van der Waals surface area (Å²) in [6, 6.07) is 6.38. The van der Waals surface area contributed by atoms with Crippen molar-refractivity contribution in [3.05, 3.63) is 36.3 Å². The van der Waals surface area contributed by atoms with E-state index in [1.54, 1.807) is 12.3 Å². The number of hydrogen-bond acceptors (Lipinski definition) is 2. The van der Waals surface area contributed by atoms with Crippen LogP contribution in [0.25, 0.3) is 11.3 Å². The van der Waals surface area contributed by atoms with Crippen molar-refractivity contribution in [1.82, 2.24) is 9.78 Å². The molecule has 4 heteroatoms. The minimum absolute atomic E-state index is 0.195. The van der Waals surface area contributed by atoms with Gasteiger partial charge in [-0.25, -0.2) is 4.39 Å². The zero-order chi connectivity index (χ0) is 12.6. The molecule has 0 atom stereocenters. The van der Waals surface area contributed by atoms with E-state index < -0.39 is 0 Å². The van der Waals surface area contributed by atoms with Crippen LogP contribution in [-0.2, 0) is 5.54 Å². The Morgan fingerprint density at radius 1 is 1.29 bits per heavy atom. The number of nitrogens with two attached hydrogens (primary N) is 1. The van der Waals surface area contributed by atoms with E-state index >= 15 is 0 Å². The molecule has 1 aromatic heterocycles. The molecule has 0 aliphatic carbocycles. The normalized spacial score (nSPS) is 11.8. The number of benzene rings is 1. The maximum absolute atomic E-state index is 13.2. The molecule has 0 amide bonds. The molecular formula is C13H16FN3. The van der Waals surface area contributed by atoms with Crippen molar-refractivity contribution in [3.8, 4) is 11.3 Å². The van der Waals surface area contributed by atoms with E-state index in [9.17, 15) is 4.39 Å². The molecule has 1 heterocycles. The van der Waals surface area contributed by atoms with Gasteiger partial charge in [0, 0.05) is 5.56 Å². The van der Waals surface area contributed by atoms with Gasteiger partial charge in [0.15, 0.2) is 0 Å². The van der Waals surface area contributed by atoms with Crippen molar-refractivity contribution in [2.75, 3.05) is 5.73 Å². The zero-order valence-electron chi connectivity index (χ0n) is 10.2. The lowest BCUT2D eigenvalue weighted by molar-refractivity contribution is 0.360. The van der Waals surface area contributed by atoms with Gasteiger partial charge in [0.25, 0.3) is 0 Å². The summed E-state index contributed by atoms with van der Waals surface area (Å²) in [6.45, 7) is 6.09. The molecule has 0 aliphatic heterocycles. The van der Waals surface area contributed by atoms with Gasteiger partial charge in [0.05, 0.1) is 23.1 Å². The number of rotatable bonds is 1. The maximum atomic E-state index is 13.2. The molecule has 1 aromatic carbocycles. The van der Waals surface area contributed by atoms with E-state index in [4.69, 9.17) is 5.73 Å². The summed E-state index contributed by atoms with van der Waals surface area (Å²) < 4.78 is 15.1. The second-order valence-corrected chi connectivity index (χ2v) is 5.04. The van der Waals surface area contributed by atoms with Gasteiger partial charge in [-0.3, -0.25) is 4.68 Å². The van der Waals surface area contributed by atoms with Gasteiger partial charge in [0.2, 0.25) is 0 Å². The van der Waals surface area contributed by atoms with E-state index in [1.807, 2.05) is 31.5 Å². The molecule has 2 N–H and O–H groups in total. The molecule has 0 saturated carbocycles. The summed E-state index contributed by atoms with van der Waals surface area (Å²) in [4.78, 5) is 0. The highest BCUT2D eigenvalue weighted by Crippen LogP contribution is 2.30. The van der Waals surface area contributed by atoms with E-state index in [0.717, 1.165) is 11.3 Å². The third-order valence-corrected chi connectivity index (χ3v) is 2.53. The van der Waals surface area contributed by atoms with Crippen molar-refractivity contribution in [2.24, 2.45) is 0 Å². The van der Waals surface area contributed by atoms with Gasteiger partial charge in [-0.1, -0.05) is 12.1 Å². The average molecular weight is 233 g/mol. The van der Waals surface area contributed by atoms with Crippen molar-refractivity contribution in [3.63, 3.8) is 0 Å². The van der Waals surface area contributed by atoms with Gasteiger partial charge in [-0.05, 0) is 32.9 Å². The summed E-state index contributed by atoms with van der Waals surface area (Å²) in [7, 11) is 0. The Balaban J connectivity index is 2.63. The highest BCUT2D eigenvalue weighted by Gasteiger charge is 2.21. The number of nitrogens with zero attached hydrogens (tertiary/aromatic N) is 2. The molecule has 17 heavy (non-hydrogen) atoms. The van der Waals surface area contributed by atoms with E-state index in [-0.39, 0.29) is 11.4 Å². The standard InChI is InChI=1S/C13H16FN3/c1-13(2,3)17-12(11(15)8-16-17)9-5-4-6-10(14)7-9/h4-8H,15H2,1-3H3. The molecular weight excluding hydrogens is 217 g/mol. The van der Waals surface area contributed by atoms with Crippen LogP contribution in [0, 0.1) is 5.82 Å². The zero-order valence-corrected chi connectivity index (χ0v) is 10.2. The average Bonchev–Trinajstić information content (AvgIpc) is 2.59. The molecule has 0 radical (unpaired) electrons. The van der Waals surface area contributed by atoms with Crippen LogP contribution in [0.2, 0.25) is 0 Å². The number of hydrogen-bond donors (Lipinski definition) is 1. The Morgan fingerprint density at radius 2 is 2.00 bits per heavy atom. The van der Waals surface area contributed by atoms with Crippen molar-refractivity contribution in [2.45, 2.75) is 26.3 Å². The van der Waals surface area contributed by atoms with Crippen LogP contribution in [0.3, 0.4) is 0 Å². The first-order valence-electron chi connectivity index (χ1n) is 5.49. The first kappa shape index (κ1) is 11.6. The van der Waals surface area contributed by atoms with Crippen LogP contribution in [-0.4, -0.2) is 9.78 Å². The lowest BCUT2D eigenvalue weighted by Crippen LogP contribution is -2.24. The molecule has 0 bridgehead atoms. The van der Waals surface area contributed by atoms with Crippen LogP contribution in [0.5, 0.6) is 0 Å². The predicted octanol–water partition coefficient (Wildman–Crippen LogP) is 3.03. The van der Waals surface area contributed by atoms with Gasteiger partial charge < -0.3 is 5.73 Å². The topological polar surface area (TPSA) is 43.8 Å². The van der Waals surface area contributed by atoms with Crippen LogP contribution in [0.4, 0.5) is 10.1 Å². The van der Waals surface area contributed by atoms with Gasteiger partial charge in [0.1, 0.15) is 5.82 Å². The largest absolute Gasteiger partial charge is 0.396 e. The first-order chi connectivity index (χ1) is 7.89. The molecule has 90 valence electrons. The van der Waals surface area contributed by atoms with Crippen molar-refractivity contribution in [1.29, 1.82) is 0 Å². The molecule has 0 fully saturated rings. The Hall–Kier alpha value is -1.84. The van der Waals surface area contributed by atoms with Crippen molar-refractivity contribution >= 4 is 5.69 Å². The fourth-order valence-electron chi connectivity index (χ4n) is 1.79. The van der Waals surface area contributed by atoms with Crippen LogP contribution in [0.15, 0.2) is 30.5 Å². The molecule has 3 nitrogen and oxygen atoms in total. The third kappa shape index (κ3) is 2.16. The molecule has 0 unspecified atom stereocenters. The summed E-state index contributed by atoms with van der Waals surface area (Å²) >= 11 is 0. The van der Waals surface area contributed by atoms with E-state index in [1.165, 1.54) is 12.1 Å². The first-order valence-corrected chi connectivity index (χ1v) is 5.49. The lowest BCUT2D eigenvalue weighted by atomic mass is 10.1. The Kier molecular flexibility index (Phi) is 2.65. The number of anilines is 1. The fraction of sp³-hybridized carbons (Fsp3) is 0.308. The monoisotopic (exact) mass is 233 g/mol. The number of halogens is 1. The summed E-state index contributed by atoms with van der Waals surface area (Å²) in [6.07, 6.45) is 1.60. The van der Waals surface area contributed by atoms with Crippen LogP contribution < -0.4 is 5.73 Å². The molecule has 2 rings (SSSR count). The molecule has 0 spiro atoms. The molecule has 0 saturated heterocycles. The van der Waals surface area contributed by atoms with E-state index in [2.05, 4.69) is 5.10 Å². The fourth-order valence-corrected chi connectivity index (χ4v) is 1.79. The minimum atomic E-state index is -0.274. The minimum Gasteiger partial charge on any atom is -0.396 e. The third-order valence-electron chi connectivity index (χ3n) is 2.53. The van der Waals surface area contributed by atoms with Crippen molar-refractivity contribution < 1.29 is 4.39 Å². The maximum Gasteiger partial charge on any atom is 0.123 e. The molecule has 2 aromatic rings. The summed E-state index contributed by atoms with van der Waals surface area (Å²) in [5.41, 5.74) is 7.79. The second-order valence-electron chi connectivity index (χ2n) is 5.04. The predicted molar refractivity (Wildman–Crippen MR) is 67.0 cm³/mol. The van der Waals surface area contributed by atoms with Gasteiger partial charge in [-0.2, -0.15) is 5.10 Å². The number of aromatic nitrogens is 2.